The Morgan fingerprint density at radius 2 is 2.22 bits per heavy atom. The number of fused-ring (bicyclic) bond motifs is 1. The summed E-state index contributed by atoms with van der Waals surface area (Å²) in [7, 11) is 0. The normalized spacial score (nSPS) is 12.8. The molecule has 0 aliphatic rings. The molecule has 2 N–H and O–H groups in total. The molecule has 4 heteroatoms. The van der Waals surface area contributed by atoms with E-state index in [0.29, 0.717) is 5.02 Å². The number of rotatable bonds is 5. The quantitative estimate of drug-likeness (QED) is 0.813. The SMILES string of the molecule is CCNC(CC)C(=O)c1c[nH]c2cc(Cl)ccc12. The molecule has 1 unspecified atom stereocenters. The number of aromatic nitrogens is 1. The first-order valence-electron chi connectivity index (χ1n) is 6.21. The smallest absolute Gasteiger partial charge is 0.181 e. The Balaban J connectivity index is 2.38. The van der Waals surface area contributed by atoms with Gasteiger partial charge in [-0.05, 0) is 25.1 Å². The summed E-state index contributed by atoms with van der Waals surface area (Å²) in [4.78, 5) is 15.5. The van der Waals surface area contributed by atoms with E-state index in [0.717, 1.165) is 29.4 Å². The van der Waals surface area contributed by atoms with Crippen molar-refractivity contribution in [1.29, 1.82) is 0 Å². The van der Waals surface area contributed by atoms with Crippen LogP contribution in [-0.2, 0) is 0 Å². The summed E-state index contributed by atoms with van der Waals surface area (Å²) in [6.07, 6.45) is 2.55. The van der Waals surface area contributed by atoms with Crippen LogP contribution < -0.4 is 5.32 Å². The zero-order chi connectivity index (χ0) is 13.1. The van der Waals surface area contributed by atoms with Crippen molar-refractivity contribution in [2.45, 2.75) is 26.3 Å². The molecular formula is C14H17ClN2O. The van der Waals surface area contributed by atoms with E-state index in [1.165, 1.54) is 0 Å². The Morgan fingerprint density at radius 3 is 2.89 bits per heavy atom. The summed E-state index contributed by atoms with van der Waals surface area (Å²) in [5, 5.41) is 4.81. The Hall–Kier alpha value is -1.32. The molecule has 0 aliphatic heterocycles. The lowest BCUT2D eigenvalue weighted by molar-refractivity contribution is 0.0943. The molecule has 0 aliphatic carbocycles. The number of Topliss-reactive ketones (excluding diaryl/α,β-unsaturated/α-hetero) is 1. The summed E-state index contributed by atoms with van der Waals surface area (Å²) < 4.78 is 0. The van der Waals surface area contributed by atoms with E-state index in [-0.39, 0.29) is 11.8 Å². The number of carbonyl (C=O) groups is 1. The molecule has 1 aromatic heterocycles. The number of likely N-dealkylation sites (N-methyl/N-ethyl adjacent to an activating group) is 1. The molecule has 1 aromatic carbocycles. The molecule has 2 rings (SSSR count). The van der Waals surface area contributed by atoms with Crippen molar-refractivity contribution in [3.8, 4) is 0 Å². The fraction of sp³-hybridized carbons (Fsp3) is 0.357. The van der Waals surface area contributed by atoms with Crippen LogP contribution >= 0.6 is 11.6 Å². The second-order valence-electron chi connectivity index (χ2n) is 4.28. The van der Waals surface area contributed by atoms with Crippen LogP contribution in [0.25, 0.3) is 10.9 Å². The number of halogens is 1. The van der Waals surface area contributed by atoms with Gasteiger partial charge < -0.3 is 10.3 Å². The molecule has 0 fully saturated rings. The van der Waals surface area contributed by atoms with Gasteiger partial charge in [-0.25, -0.2) is 0 Å². The minimum atomic E-state index is -0.121. The molecule has 0 radical (unpaired) electrons. The zero-order valence-electron chi connectivity index (χ0n) is 10.6. The zero-order valence-corrected chi connectivity index (χ0v) is 11.3. The fourth-order valence-corrected chi connectivity index (χ4v) is 2.33. The molecule has 0 bridgehead atoms. The van der Waals surface area contributed by atoms with Gasteiger partial charge in [0.1, 0.15) is 0 Å². The van der Waals surface area contributed by atoms with E-state index in [1.54, 1.807) is 6.20 Å². The number of aromatic amines is 1. The van der Waals surface area contributed by atoms with Crippen LogP contribution in [0.15, 0.2) is 24.4 Å². The van der Waals surface area contributed by atoms with Gasteiger partial charge in [0.2, 0.25) is 0 Å². The molecule has 0 saturated carbocycles. The predicted octanol–water partition coefficient (Wildman–Crippen LogP) is 3.39. The van der Waals surface area contributed by atoms with Crippen LogP contribution in [0.1, 0.15) is 30.6 Å². The van der Waals surface area contributed by atoms with Crippen LogP contribution in [-0.4, -0.2) is 23.4 Å². The number of nitrogens with one attached hydrogen (secondary N) is 2. The lowest BCUT2D eigenvalue weighted by atomic mass is 10.0. The Kier molecular flexibility index (Phi) is 4.04. The number of hydrogen-bond acceptors (Lipinski definition) is 2. The summed E-state index contributed by atoms with van der Waals surface area (Å²) in [6, 6.07) is 5.41. The highest BCUT2D eigenvalue weighted by Gasteiger charge is 2.20. The molecule has 0 spiro atoms. The standard InChI is InChI=1S/C14H17ClN2O/c1-3-12(16-4-2)14(18)11-8-17-13-7-9(15)5-6-10(11)13/h5-8,12,16-17H,3-4H2,1-2H3. The van der Waals surface area contributed by atoms with Crippen molar-refractivity contribution in [3.05, 3.63) is 35.0 Å². The third-order valence-corrected chi connectivity index (χ3v) is 3.32. The van der Waals surface area contributed by atoms with E-state index in [4.69, 9.17) is 11.6 Å². The third-order valence-electron chi connectivity index (χ3n) is 3.08. The van der Waals surface area contributed by atoms with Crippen LogP contribution in [0.2, 0.25) is 5.02 Å². The van der Waals surface area contributed by atoms with Gasteiger partial charge in [0.05, 0.1) is 6.04 Å². The van der Waals surface area contributed by atoms with E-state index < -0.39 is 0 Å². The van der Waals surface area contributed by atoms with Crippen molar-refractivity contribution in [2.24, 2.45) is 0 Å². The minimum Gasteiger partial charge on any atom is -0.360 e. The van der Waals surface area contributed by atoms with Crippen molar-refractivity contribution >= 4 is 28.3 Å². The number of H-pyrrole nitrogens is 1. The van der Waals surface area contributed by atoms with Gasteiger partial charge in [0, 0.05) is 27.7 Å². The maximum Gasteiger partial charge on any atom is 0.181 e. The first-order chi connectivity index (χ1) is 8.67. The highest BCUT2D eigenvalue weighted by molar-refractivity contribution is 6.31. The van der Waals surface area contributed by atoms with E-state index in [9.17, 15) is 4.79 Å². The Bertz CT molecular complexity index is 562. The summed E-state index contributed by atoms with van der Waals surface area (Å²) in [5.41, 5.74) is 1.63. The van der Waals surface area contributed by atoms with Crippen molar-refractivity contribution in [1.82, 2.24) is 10.3 Å². The van der Waals surface area contributed by atoms with Crippen LogP contribution in [0.5, 0.6) is 0 Å². The maximum atomic E-state index is 12.4. The predicted molar refractivity (Wildman–Crippen MR) is 75.4 cm³/mol. The molecule has 1 atom stereocenters. The van der Waals surface area contributed by atoms with Gasteiger partial charge >= 0.3 is 0 Å². The van der Waals surface area contributed by atoms with E-state index in [2.05, 4.69) is 10.3 Å². The number of ketones is 1. The van der Waals surface area contributed by atoms with Crippen LogP contribution in [0.3, 0.4) is 0 Å². The Morgan fingerprint density at radius 1 is 1.44 bits per heavy atom. The monoisotopic (exact) mass is 264 g/mol. The van der Waals surface area contributed by atoms with Gasteiger partial charge in [0.15, 0.2) is 5.78 Å². The molecule has 1 heterocycles. The van der Waals surface area contributed by atoms with Crippen LogP contribution in [0, 0.1) is 0 Å². The lowest BCUT2D eigenvalue weighted by Gasteiger charge is -2.13. The first-order valence-corrected chi connectivity index (χ1v) is 6.59. The van der Waals surface area contributed by atoms with E-state index >= 15 is 0 Å². The highest BCUT2D eigenvalue weighted by atomic mass is 35.5. The van der Waals surface area contributed by atoms with Gasteiger partial charge in [-0.15, -0.1) is 0 Å². The minimum absolute atomic E-state index is 0.121. The number of hydrogen-bond donors (Lipinski definition) is 2. The van der Waals surface area contributed by atoms with Crippen molar-refractivity contribution in [3.63, 3.8) is 0 Å². The van der Waals surface area contributed by atoms with Gasteiger partial charge in [-0.3, -0.25) is 4.79 Å². The molecule has 96 valence electrons. The molecule has 0 amide bonds. The summed E-state index contributed by atoms with van der Waals surface area (Å²) >= 11 is 5.93. The molecular weight excluding hydrogens is 248 g/mol. The van der Waals surface area contributed by atoms with Gasteiger partial charge in [0.25, 0.3) is 0 Å². The molecule has 3 nitrogen and oxygen atoms in total. The largest absolute Gasteiger partial charge is 0.360 e. The second-order valence-corrected chi connectivity index (χ2v) is 4.71. The second kappa shape index (κ2) is 5.55. The average Bonchev–Trinajstić information content (AvgIpc) is 2.77. The molecule has 18 heavy (non-hydrogen) atoms. The first kappa shape index (κ1) is 13.1. The van der Waals surface area contributed by atoms with E-state index in [1.807, 2.05) is 32.0 Å². The maximum absolute atomic E-state index is 12.4. The number of benzene rings is 1. The lowest BCUT2D eigenvalue weighted by Crippen LogP contribution is -2.35. The van der Waals surface area contributed by atoms with Crippen LogP contribution in [0.4, 0.5) is 0 Å². The fourth-order valence-electron chi connectivity index (χ4n) is 2.16. The highest BCUT2D eigenvalue weighted by Crippen LogP contribution is 2.23. The third kappa shape index (κ3) is 2.42. The molecule has 2 aromatic rings. The van der Waals surface area contributed by atoms with Gasteiger partial charge in [-0.1, -0.05) is 31.5 Å². The topological polar surface area (TPSA) is 44.9 Å². The van der Waals surface area contributed by atoms with Crippen molar-refractivity contribution < 1.29 is 4.79 Å². The average molecular weight is 265 g/mol. The summed E-state index contributed by atoms with van der Waals surface area (Å²) in [6.45, 7) is 4.81. The van der Waals surface area contributed by atoms with Gasteiger partial charge in [-0.2, -0.15) is 0 Å². The van der Waals surface area contributed by atoms with Crippen molar-refractivity contribution in [2.75, 3.05) is 6.54 Å². The number of carbonyl (C=O) groups excluding carboxylic acids is 1. The summed E-state index contributed by atoms with van der Waals surface area (Å²) in [5.74, 6) is 0.132. The molecule has 0 saturated heterocycles. The Labute approximate surface area is 112 Å².